The van der Waals surface area contributed by atoms with E-state index in [1.807, 2.05) is 49.4 Å². The predicted molar refractivity (Wildman–Crippen MR) is 128 cm³/mol. The van der Waals surface area contributed by atoms with Crippen LogP contribution in [0.15, 0.2) is 66.7 Å². The summed E-state index contributed by atoms with van der Waals surface area (Å²) in [4.78, 5) is 17.4. The van der Waals surface area contributed by atoms with E-state index in [-0.39, 0.29) is 11.7 Å². The van der Waals surface area contributed by atoms with Gasteiger partial charge in [0.1, 0.15) is 16.5 Å². The third-order valence-electron chi connectivity index (χ3n) is 5.27. The van der Waals surface area contributed by atoms with Crippen LogP contribution in [-0.2, 0) is 0 Å². The fourth-order valence-electron chi connectivity index (χ4n) is 3.49. The van der Waals surface area contributed by atoms with Crippen LogP contribution in [-0.4, -0.2) is 26.2 Å². The number of aromatic amines is 1. The molecule has 5 rings (SSSR count). The van der Waals surface area contributed by atoms with Gasteiger partial charge in [-0.15, -0.1) is 11.3 Å². The van der Waals surface area contributed by atoms with Gasteiger partial charge in [0.2, 0.25) is 0 Å². The van der Waals surface area contributed by atoms with Crippen LogP contribution >= 0.6 is 11.3 Å². The zero-order valence-corrected chi connectivity index (χ0v) is 18.3. The number of aromatic hydroxyl groups is 1. The first kappa shape index (κ1) is 20.0. The van der Waals surface area contributed by atoms with E-state index >= 15 is 0 Å². The Labute approximate surface area is 188 Å². The molecule has 0 aliphatic rings. The van der Waals surface area contributed by atoms with Crippen LogP contribution in [0.1, 0.15) is 21.6 Å². The molecule has 0 fully saturated rings. The van der Waals surface area contributed by atoms with Gasteiger partial charge in [0.15, 0.2) is 0 Å². The lowest BCUT2D eigenvalue weighted by Gasteiger charge is -2.04. The van der Waals surface area contributed by atoms with Gasteiger partial charge in [-0.2, -0.15) is 5.10 Å². The molecule has 0 unspecified atom stereocenters. The average Bonchev–Trinajstić information content (AvgIpc) is 3.43. The van der Waals surface area contributed by atoms with Gasteiger partial charge in [-0.3, -0.25) is 9.89 Å². The number of carbonyl (C=O) groups excluding carboxylic acids is 1. The molecule has 32 heavy (non-hydrogen) atoms. The Bertz CT molecular complexity index is 1450. The summed E-state index contributed by atoms with van der Waals surface area (Å²) in [5, 5.41) is 21.0. The zero-order valence-electron chi connectivity index (χ0n) is 17.5. The third-order valence-corrected chi connectivity index (χ3v) is 6.34. The highest BCUT2D eigenvalue weighted by Crippen LogP contribution is 2.32. The molecular weight excluding hydrogens is 420 g/mol. The molecule has 0 spiro atoms. The number of hydrogen-bond acceptors (Lipinski definition) is 5. The molecule has 2 heterocycles. The summed E-state index contributed by atoms with van der Waals surface area (Å²) in [6.07, 6.45) is 0. The van der Waals surface area contributed by atoms with E-state index in [9.17, 15) is 9.90 Å². The van der Waals surface area contributed by atoms with Crippen molar-refractivity contribution in [1.29, 1.82) is 0 Å². The van der Waals surface area contributed by atoms with Gasteiger partial charge in [-0.25, -0.2) is 4.98 Å². The van der Waals surface area contributed by atoms with E-state index < -0.39 is 0 Å². The van der Waals surface area contributed by atoms with E-state index in [0.717, 1.165) is 26.4 Å². The minimum atomic E-state index is -0.306. The average molecular weight is 441 g/mol. The lowest BCUT2D eigenvalue weighted by Crippen LogP contribution is -2.12. The van der Waals surface area contributed by atoms with Crippen molar-refractivity contribution in [3.8, 4) is 27.6 Å². The number of H-pyrrole nitrogens is 1. The van der Waals surface area contributed by atoms with Crippen LogP contribution in [0.3, 0.4) is 0 Å². The molecule has 0 saturated carbocycles. The minimum absolute atomic E-state index is 0.159. The largest absolute Gasteiger partial charge is 0.507 e. The maximum atomic E-state index is 12.7. The summed E-state index contributed by atoms with van der Waals surface area (Å²) in [6.45, 7) is 3.89. The Kier molecular flexibility index (Phi) is 4.95. The molecule has 7 heteroatoms. The number of anilines is 1. The van der Waals surface area contributed by atoms with E-state index in [1.165, 1.54) is 5.56 Å². The Morgan fingerprint density at radius 2 is 1.84 bits per heavy atom. The molecule has 0 atom stereocenters. The number of carbonyl (C=O) groups is 1. The van der Waals surface area contributed by atoms with Crippen molar-refractivity contribution in [3.05, 3.63) is 83.6 Å². The maximum absolute atomic E-state index is 12.7. The molecule has 0 bridgehead atoms. The highest BCUT2D eigenvalue weighted by atomic mass is 32.1. The number of nitrogens with zero attached hydrogens (tertiary/aromatic N) is 2. The summed E-state index contributed by atoms with van der Waals surface area (Å²) in [7, 11) is 0. The summed E-state index contributed by atoms with van der Waals surface area (Å²) in [5.41, 5.74) is 6.03. The number of aromatic nitrogens is 3. The van der Waals surface area contributed by atoms with Crippen LogP contribution in [0, 0.1) is 13.8 Å². The number of phenols is 1. The smallest absolute Gasteiger partial charge is 0.273 e. The molecule has 0 saturated heterocycles. The number of para-hydroxylation sites is 1. The van der Waals surface area contributed by atoms with Crippen LogP contribution in [0.2, 0.25) is 0 Å². The van der Waals surface area contributed by atoms with E-state index in [4.69, 9.17) is 4.98 Å². The molecule has 158 valence electrons. The monoisotopic (exact) mass is 440 g/mol. The van der Waals surface area contributed by atoms with Crippen molar-refractivity contribution in [1.82, 2.24) is 15.2 Å². The molecule has 6 nitrogen and oxygen atoms in total. The lowest BCUT2D eigenvalue weighted by molar-refractivity contribution is 0.102. The fourth-order valence-corrected chi connectivity index (χ4v) is 4.56. The van der Waals surface area contributed by atoms with Crippen LogP contribution in [0.4, 0.5) is 5.69 Å². The van der Waals surface area contributed by atoms with Crippen molar-refractivity contribution >= 4 is 33.1 Å². The highest BCUT2D eigenvalue weighted by Gasteiger charge is 2.15. The number of amides is 1. The van der Waals surface area contributed by atoms with Gasteiger partial charge < -0.3 is 10.4 Å². The van der Waals surface area contributed by atoms with Crippen LogP contribution < -0.4 is 5.32 Å². The SMILES string of the molecule is Cc1ccc2nc(-c3ccc(NC(=O)c4cc(-c5cccc(C)c5O)n[nH]4)cc3)sc2c1. The van der Waals surface area contributed by atoms with Gasteiger partial charge in [0, 0.05) is 16.8 Å². The second kappa shape index (κ2) is 7.94. The maximum Gasteiger partial charge on any atom is 0.273 e. The van der Waals surface area contributed by atoms with Gasteiger partial charge in [0.05, 0.1) is 15.9 Å². The van der Waals surface area contributed by atoms with Gasteiger partial charge >= 0.3 is 0 Å². The standard InChI is InChI=1S/C25H20N4O2S/c1-14-6-11-19-22(12-14)32-25(27-19)16-7-9-17(10-8-16)26-24(31)21-13-20(28-29-21)18-5-3-4-15(2)23(18)30/h3-13,30H,1-2H3,(H,26,31)(H,28,29). The summed E-state index contributed by atoms with van der Waals surface area (Å²) < 4.78 is 1.16. The quantitative estimate of drug-likeness (QED) is 0.323. The number of fused-ring (bicyclic) bond motifs is 1. The normalized spacial score (nSPS) is 11.1. The predicted octanol–water partition coefficient (Wildman–Crippen LogP) is 5.93. The van der Waals surface area contributed by atoms with E-state index in [0.29, 0.717) is 22.6 Å². The van der Waals surface area contributed by atoms with Crippen LogP contribution in [0.5, 0.6) is 5.75 Å². The fraction of sp³-hybridized carbons (Fsp3) is 0.0800. The first-order chi connectivity index (χ1) is 15.5. The van der Waals surface area contributed by atoms with Crippen molar-refractivity contribution in [2.45, 2.75) is 13.8 Å². The van der Waals surface area contributed by atoms with E-state index in [2.05, 4.69) is 34.6 Å². The highest BCUT2D eigenvalue weighted by molar-refractivity contribution is 7.21. The van der Waals surface area contributed by atoms with Crippen molar-refractivity contribution < 1.29 is 9.90 Å². The second-order valence-electron chi connectivity index (χ2n) is 7.66. The Balaban J connectivity index is 1.33. The van der Waals surface area contributed by atoms with Crippen molar-refractivity contribution in [2.75, 3.05) is 5.32 Å². The number of rotatable bonds is 4. The summed E-state index contributed by atoms with van der Waals surface area (Å²) in [5.74, 6) is -0.148. The number of hydrogen-bond donors (Lipinski definition) is 3. The number of aryl methyl sites for hydroxylation is 2. The second-order valence-corrected chi connectivity index (χ2v) is 8.69. The molecule has 0 radical (unpaired) electrons. The number of benzene rings is 3. The van der Waals surface area contributed by atoms with Crippen molar-refractivity contribution in [2.24, 2.45) is 0 Å². The van der Waals surface area contributed by atoms with Crippen molar-refractivity contribution in [3.63, 3.8) is 0 Å². The molecule has 5 aromatic rings. The number of thiazole rings is 1. The Morgan fingerprint density at radius 3 is 2.66 bits per heavy atom. The molecule has 1 amide bonds. The first-order valence-electron chi connectivity index (χ1n) is 10.1. The van der Waals surface area contributed by atoms with Crippen LogP contribution in [0.25, 0.3) is 32.0 Å². The van der Waals surface area contributed by atoms with Gasteiger partial charge in [-0.05, 0) is 73.5 Å². The first-order valence-corrected chi connectivity index (χ1v) is 10.9. The Hall–Kier alpha value is -3.97. The topological polar surface area (TPSA) is 90.9 Å². The van der Waals surface area contributed by atoms with Gasteiger partial charge in [0.25, 0.3) is 5.91 Å². The number of phenolic OH excluding ortho intramolecular Hbond substituents is 1. The molecule has 0 aliphatic carbocycles. The molecule has 3 N–H and O–H groups in total. The lowest BCUT2D eigenvalue weighted by atomic mass is 10.1. The molecule has 2 aromatic heterocycles. The zero-order chi connectivity index (χ0) is 22.2. The molecular formula is C25H20N4O2S. The third kappa shape index (κ3) is 3.74. The van der Waals surface area contributed by atoms with E-state index in [1.54, 1.807) is 23.5 Å². The summed E-state index contributed by atoms with van der Waals surface area (Å²) >= 11 is 1.65. The Morgan fingerprint density at radius 1 is 1.03 bits per heavy atom. The summed E-state index contributed by atoms with van der Waals surface area (Å²) in [6, 6.07) is 20.9. The minimum Gasteiger partial charge on any atom is -0.507 e. The number of nitrogens with one attached hydrogen (secondary N) is 2. The van der Waals surface area contributed by atoms with Gasteiger partial charge in [-0.1, -0.05) is 18.2 Å². The molecule has 3 aromatic carbocycles. The molecule has 0 aliphatic heterocycles.